The van der Waals surface area contributed by atoms with Gasteiger partial charge in [-0.3, -0.25) is 0 Å². The fourth-order valence-electron chi connectivity index (χ4n) is 1.68. The smallest absolute Gasteiger partial charge is 0.124 e. The fraction of sp³-hybridized carbons (Fsp3) is 0. The summed E-state index contributed by atoms with van der Waals surface area (Å²) in [6, 6.07) is 21.2. The molecule has 0 saturated carbocycles. The van der Waals surface area contributed by atoms with Gasteiger partial charge in [0.1, 0.15) is 5.01 Å². The topological polar surface area (TPSA) is 12.9 Å². The summed E-state index contributed by atoms with van der Waals surface area (Å²) in [7, 11) is 0. The van der Waals surface area contributed by atoms with Gasteiger partial charge < -0.3 is 0 Å². The Bertz CT molecular complexity index is 545. The van der Waals surface area contributed by atoms with Crippen LogP contribution < -0.4 is 0 Å². The van der Waals surface area contributed by atoms with E-state index in [-0.39, 0.29) is 0 Å². The molecule has 0 aliphatic heterocycles. The van der Waals surface area contributed by atoms with Crippen molar-refractivity contribution in [3.8, 4) is 21.8 Å². The molecule has 3 rings (SSSR count). The maximum Gasteiger partial charge on any atom is 0.124 e. The van der Waals surface area contributed by atoms with Crippen molar-refractivity contribution in [1.82, 2.24) is 4.98 Å². The van der Waals surface area contributed by atoms with E-state index in [4.69, 9.17) is 0 Å². The van der Waals surface area contributed by atoms with E-state index in [0.29, 0.717) is 0 Å². The first-order chi connectivity index (χ1) is 8.43. The Morgan fingerprint density at radius 3 is 2.41 bits per heavy atom. The first-order valence-electron chi connectivity index (χ1n) is 5.41. The van der Waals surface area contributed by atoms with E-state index < -0.39 is 0 Å². The summed E-state index contributed by atoms with van der Waals surface area (Å²) in [6.45, 7) is 0. The maximum atomic E-state index is 4.66. The van der Waals surface area contributed by atoms with Crippen LogP contribution in [-0.2, 0) is 0 Å². The average Bonchev–Trinajstić information content (AvgIpc) is 2.90. The number of aromatic nitrogens is 1. The van der Waals surface area contributed by atoms with Gasteiger partial charge in [-0.15, -0.1) is 11.3 Å². The molecule has 1 nitrogen and oxygen atoms in total. The van der Waals surface area contributed by atoms with Crippen molar-refractivity contribution >= 4 is 11.3 Å². The number of nitrogens with zero attached hydrogens (tertiary/aromatic N) is 1. The number of hydrogen-bond acceptors (Lipinski definition) is 2. The Morgan fingerprint density at radius 2 is 1.65 bits per heavy atom. The van der Waals surface area contributed by atoms with Crippen LogP contribution in [0.1, 0.15) is 0 Å². The second kappa shape index (κ2) is 4.52. The van der Waals surface area contributed by atoms with Crippen molar-refractivity contribution in [3.05, 3.63) is 66.0 Å². The monoisotopic (exact) mass is 236 g/mol. The summed E-state index contributed by atoms with van der Waals surface area (Å²) < 4.78 is 0. The SMILES string of the molecule is [c]1ccc(-c2nc(-c3ccccc3)cs2)cc1. The molecule has 1 radical (unpaired) electrons. The number of hydrogen-bond donors (Lipinski definition) is 0. The van der Waals surface area contributed by atoms with E-state index in [2.05, 4.69) is 28.6 Å². The molecule has 0 fully saturated rings. The van der Waals surface area contributed by atoms with Crippen molar-refractivity contribution in [2.45, 2.75) is 0 Å². The molecule has 0 bridgehead atoms. The van der Waals surface area contributed by atoms with Crippen LogP contribution in [0.5, 0.6) is 0 Å². The molecular weight excluding hydrogens is 226 g/mol. The zero-order chi connectivity index (χ0) is 11.5. The zero-order valence-corrected chi connectivity index (χ0v) is 9.95. The highest BCUT2D eigenvalue weighted by atomic mass is 32.1. The largest absolute Gasteiger partial charge is 0.236 e. The molecule has 0 spiro atoms. The van der Waals surface area contributed by atoms with E-state index in [1.165, 1.54) is 0 Å². The normalized spacial score (nSPS) is 10.4. The third-order valence-electron chi connectivity index (χ3n) is 2.54. The Kier molecular flexibility index (Phi) is 2.72. The van der Waals surface area contributed by atoms with Gasteiger partial charge in [0.15, 0.2) is 0 Å². The van der Waals surface area contributed by atoms with Crippen LogP contribution >= 0.6 is 11.3 Å². The summed E-state index contributed by atoms with van der Waals surface area (Å²) in [4.78, 5) is 4.66. The molecule has 0 amide bonds. The minimum atomic E-state index is 1.04. The minimum Gasteiger partial charge on any atom is -0.236 e. The highest BCUT2D eigenvalue weighted by molar-refractivity contribution is 7.13. The fourth-order valence-corrected chi connectivity index (χ4v) is 2.51. The molecule has 0 aliphatic carbocycles. The Balaban J connectivity index is 1.99. The van der Waals surface area contributed by atoms with Gasteiger partial charge in [-0.2, -0.15) is 0 Å². The van der Waals surface area contributed by atoms with Crippen LogP contribution in [-0.4, -0.2) is 4.98 Å². The predicted octanol–water partition coefficient (Wildman–Crippen LogP) is 4.28. The highest BCUT2D eigenvalue weighted by Gasteiger charge is 2.05. The second-order valence-corrected chi connectivity index (χ2v) is 4.55. The molecule has 2 aromatic carbocycles. The average molecular weight is 236 g/mol. The van der Waals surface area contributed by atoms with Crippen LogP contribution in [0.2, 0.25) is 0 Å². The van der Waals surface area contributed by atoms with Gasteiger partial charge in [-0.1, -0.05) is 54.6 Å². The standard InChI is InChI=1S/C15H10NS/c1-3-7-12(8-4-1)14-11-17-15(16-14)13-9-5-2-6-10-13/h1,3-11H. The number of rotatable bonds is 2. The van der Waals surface area contributed by atoms with Gasteiger partial charge in [-0.25, -0.2) is 4.98 Å². The molecule has 1 heterocycles. The Morgan fingerprint density at radius 1 is 0.882 bits per heavy atom. The zero-order valence-electron chi connectivity index (χ0n) is 9.13. The van der Waals surface area contributed by atoms with Crippen molar-refractivity contribution in [2.24, 2.45) is 0 Å². The molecule has 0 aliphatic rings. The summed E-state index contributed by atoms with van der Waals surface area (Å²) >= 11 is 1.67. The molecule has 0 N–H and O–H groups in total. The van der Waals surface area contributed by atoms with Crippen molar-refractivity contribution in [2.75, 3.05) is 0 Å². The van der Waals surface area contributed by atoms with Crippen LogP contribution in [0.25, 0.3) is 21.8 Å². The van der Waals surface area contributed by atoms with Crippen LogP contribution in [0, 0.1) is 6.07 Å². The lowest BCUT2D eigenvalue weighted by Gasteiger charge is -1.95. The van der Waals surface area contributed by atoms with Gasteiger partial charge in [0.05, 0.1) is 5.69 Å². The molecule has 0 atom stereocenters. The first-order valence-corrected chi connectivity index (χ1v) is 6.29. The molecule has 0 unspecified atom stereocenters. The van der Waals surface area contributed by atoms with E-state index in [0.717, 1.165) is 21.8 Å². The summed E-state index contributed by atoms with van der Waals surface area (Å²) in [6.07, 6.45) is 0. The lowest BCUT2D eigenvalue weighted by molar-refractivity contribution is 1.40. The molecule has 3 aromatic rings. The predicted molar refractivity (Wildman–Crippen MR) is 71.8 cm³/mol. The van der Waals surface area contributed by atoms with Crippen molar-refractivity contribution in [3.63, 3.8) is 0 Å². The second-order valence-electron chi connectivity index (χ2n) is 3.69. The quantitative estimate of drug-likeness (QED) is 0.647. The van der Waals surface area contributed by atoms with Gasteiger partial charge in [-0.05, 0) is 6.07 Å². The Labute approximate surface area is 104 Å². The molecule has 2 heteroatoms. The molecule has 81 valence electrons. The molecule has 17 heavy (non-hydrogen) atoms. The van der Waals surface area contributed by atoms with Gasteiger partial charge >= 0.3 is 0 Å². The maximum absolute atomic E-state index is 4.66. The molecular formula is C15H10NS. The molecule has 0 saturated heterocycles. The van der Waals surface area contributed by atoms with Crippen molar-refractivity contribution in [1.29, 1.82) is 0 Å². The van der Waals surface area contributed by atoms with E-state index in [9.17, 15) is 0 Å². The van der Waals surface area contributed by atoms with Crippen LogP contribution in [0.15, 0.2) is 60.0 Å². The number of benzene rings is 2. The van der Waals surface area contributed by atoms with Gasteiger partial charge in [0.2, 0.25) is 0 Å². The van der Waals surface area contributed by atoms with E-state index >= 15 is 0 Å². The van der Waals surface area contributed by atoms with Gasteiger partial charge in [0.25, 0.3) is 0 Å². The summed E-state index contributed by atoms with van der Waals surface area (Å²) in [5.41, 5.74) is 3.35. The Hall–Kier alpha value is -1.93. The lowest BCUT2D eigenvalue weighted by Crippen LogP contribution is -1.78. The van der Waals surface area contributed by atoms with E-state index in [1.54, 1.807) is 11.3 Å². The third-order valence-corrected chi connectivity index (χ3v) is 3.43. The first kappa shape index (κ1) is 10.2. The van der Waals surface area contributed by atoms with Crippen LogP contribution in [0.4, 0.5) is 0 Å². The van der Waals surface area contributed by atoms with E-state index in [1.807, 2.05) is 42.5 Å². The third kappa shape index (κ3) is 2.12. The molecule has 1 aromatic heterocycles. The number of thiazole rings is 1. The highest BCUT2D eigenvalue weighted by Crippen LogP contribution is 2.28. The summed E-state index contributed by atoms with van der Waals surface area (Å²) in [5.74, 6) is 0. The minimum absolute atomic E-state index is 1.04. The van der Waals surface area contributed by atoms with Crippen LogP contribution in [0.3, 0.4) is 0 Å². The summed E-state index contributed by atoms with van der Waals surface area (Å²) in [5, 5.41) is 3.15. The van der Waals surface area contributed by atoms with Crippen molar-refractivity contribution < 1.29 is 0 Å². The lowest BCUT2D eigenvalue weighted by atomic mass is 10.2. The van der Waals surface area contributed by atoms with Gasteiger partial charge in [0, 0.05) is 16.5 Å².